The first-order valence-electron chi connectivity index (χ1n) is 5.86. The molecule has 1 unspecified atom stereocenters. The second kappa shape index (κ2) is 5.55. The smallest absolute Gasteiger partial charge is 0.145 e. The maximum Gasteiger partial charge on any atom is 0.145 e. The van der Waals surface area contributed by atoms with E-state index in [4.69, 9.17) is 5.73 Å². The summed E-state index contributed by atoms with van der Waals surface area (Å²) >= 11 is 0. The number of aryl methyl sites for hydroxylation is 1. The third-order valence-corrected chi connectivity index (χ3v) is 2.81. The van der Waals surface area contributed by atoms with Crippen molar-refractivity contribution in [3.05, 3.63) is 47.7 Å². The molecule has 1 atom stereocenters. The van der Waals surface area contributed by atoms with E-state index in [1.54, 1.807) is 6.20 Å². The van der Waals surface area contributed by atoms with Crippen LogP contribution in [-0.2, 0) is 6.42 Å². The van der Waals surface area contributed by atoms with Gasteiger partial charge < -0.3 is 11.1 Å². The molecular formula is C13H17N5. The lowest BCUT2D eigenvalue weighted by Crippen LogP contribution is -2.22. The Morgan fingerprint density at radius 2 is 2.00 bits per heavy atom. The molecule has 2 heterocycles. The largest absolute Gasteiger partial charge is 0.383 e. The van der Waals surface area contributed by atoms with Gasteiger partial charge in [-0.2, -0.15) is 0 Å². The van der Waals surface area contributed by atoms with Crippen LogP contribution in [0.5, 0.6) is 0 Å². The molecule has 0 saturated carbocycles. The molecule has 0 spiro atoms. The summed E-state index contributed by atoms with van der Waals surface area (Å²) < 4.78 is 0. The van der Waals surface area contributed by atoms with E-state index in [0.29, 0.717) is 5.82 Å². The van der Waals surface area contributed by atoms with Crippen LogP contribution in [0.15, 0.2) is 30.7 Å². The highest BCUT2D eigenvalue weighted by Crippen LogP contribution is 2.17. The van der Waals surface area contributed by atoms with E-state index >= 15 is 0 Å². The molecule has 0 aliphatic heterocycles. The van der Waals surface area contributed by atoms with E-state index in [1.165, 1.54) is 0 Å². The van der Waals surface area contributed by atoms with Gasteiger partial charge in [0.05, 0.1) is 6.04 Å². The second-order valence-corrected chi connectivity index (χ2v) is 4.21. The number of likely N-dealkylation sites (N-methyl/N-ethyl adjacent to an activating group) is 1. The second-order valence-electron chi connectivity index (χ2n) is 4.21. The van der Waals surface area contributed by atoms with Gasteiger partial charge >= 0.3 is 0 Å². The van der Waals surface area contributed by atoms with Crippen LogP contribution in [0.3, 0.4) is 0 Å². The van der Waals surface area contributed by atoms with Gasteiger partial charge in [0.2, 0.25) is 0 Å². The van der Waals surface area contributed by atoms with Crippen molar-refractivity contribution in [1.82, 2.24) is 20.3 Å². The Balaban J connectivity index is 2.20. The number of hydrogen-bond donors (Lipinski definition) is 2. The minimum Gasteiger partial charge on any atom is -0.383 e. The fourth-order valence-corrected chi connectivity index (χ4v) is 1.75. The van der Waals surface area contributed by atoms with E-state index in [0.717, 1.165) is 23.4 Å². The summed E-state index contributed by atoms with van der Waals surface area (Å²) in [5.74, 6) is 1.33. The minimum atomic E-state index is 0.0390. The van der Waals surface area contributed by atoms with Crippen LogP contribution in [0.25, 0.3) is 0 Å². The Kier molecular flexibility index (Phi) is 3.84. The van der Waals surface area contributed by atoms with Gasteiger partial charge in [0.15, 0.2) is 0 Å². The molecule has 0 aliphatic rings. The monoisotopic (exact) mass is 243 g/mol. The highest BCUT2D eigenvalue weighted by molar-refractivity contribution is 5.39. The number of nitrogen functional groups attached to an aromatic ring is 1. The molecule has 2 rings (SSSR count). The zero-order valence-corrected chi connectivity index (χ0v) is 10.6. The average molecular weight is 243 g/mol. The minimum absolute atomic E-state index is 0.0390. The van der Waals surface area contributed by atoms with Crippen LogP contribution in [0.1, 0.15) is 23.0 Å². The molecule has 0 aromatic carbocycles. The van der Waals surface area contributed by atoms with Crippen LogP contribution in [-0.4, -0.2) is 22.0 Å². The number of hydrogen-bond acceptors (Lipinski definition) is 5. The maximum atomic E-state index is 5.85. The molecule has 5 heteroatoms. The number of nitrogens with two attached hydrogens (primary N) is 1. The lowest BCUT2D eigenvalue weighted by molar-refractivity contribution is 0.556. The van der Waals surface area contributed by atoms with Gasteiger partial charge in [0, 0.05) is 18.6 Å². The number of nitrogens with one attached hydrogen (secondary N) is 1. The van der Waals surface area contributed by atoms with Gasteiger partial charge in [-0.1, -0.05) is 6.07 Å². The van der Waals surface area contributed by atoms with Crippen molar-refractivity contribution in [2.45, 2.75) is 19.4 Å². The Morgan fingerprint density at radius 1 is 1.28 bits per heavy atom. The quantitative estimate of drug-likeness (QED) is 0.845. The van der Waals surface area contributed by atoms with Gasteiger partial charge in [-0.05, 0) is 37.6 Å². The van der Waals surface area contributed by atoms with Crippen molar-refractivity contribution in [2.24, 2.45) is 0 Å². The maximum absolute atomic E-state index is 5.85. The van der Waals surface area contributed by atoms with Crippen molar-refractivity contribution in [3.63, 3.8) is 0 Å². The number of rotatable bonds is 4. The molecule has 5 nitrogen and oxygen atoms in total. The molecule has 0 saturated heterocycles. The number of nitrogens with zero attached hydrogens (tertiary/aromatic N) is 3. The molecule has 0 aliphatic carbocycles. The average Bonchev–Trinajstić information content (AvgIpc) is 2.39. The van der Waals surface area contributed by atoms with Gasteiger partial charge in [-0.3, -0.25) is 0 Å². The summed E-state index contributed by atoms with van der Waals surface area (Å²) in [6.45, 7) is 1.97. The normalized spacial score (nSPS) is 12.3. The van der Waals surface area contributed by atoms with Crippen LogP contribution < -0.4 is 11.1 Å². The zero-order chi connectivity index (χ0) is 13.0. The highest BCUT2D eigenvalue weighted by Gasteiger charge is 2.14. The highest BCUT2D eigenvalue weighted by atomic mass is 15.0. The first-order chi connectivity index (χ1) is 8.70. The summed E-state index contributed by atoms with van der Waals surface area (Å²) in [5, 5.41) is 3.21. The lowest BCUT2D eigenvalue weighted by Gasteiger charge is -2.15. The van der Waals surface area contributed by atoms with E-state index in [-0.39, 0.29) is 6.04 Å². The predicted octanol–water partition coefficient (Wildman–Crippen LogP) is 1.27. The third-order valence-electron chi connectivity index (χ3n) is 2.81. The molecular weight excluding hydrogens is 226 g/mol. The Labute approximate surface area is 106 Å². The van der Waals surface area contributed by atoms with Crippen LogP contribution >= 0.6 is 0 Å². The Hall–Kier alpha value is -2.01. The van der Waals surface area contributed by atoms with E-state index in [9.17, 15) is 0 Å². The molecule has 2 aromatic rings. The zero-order valence-electron chi connectivity index (χ0n) is 10.6. The van der Waals surface area contributed by atoms with E-state index in [2.05, 4.69) is 20.3 Å². The third kappa shape index (κ3) is 2.81. The van der Waals surface area contributed by atoms with Crippen LogP contribution in [0, 0.1) is 6.92 Å². The van der Waals surface area contributed by atoms with Crippen molar-refractivity contribution < 1.29 is 0 Å². The van der Waals surface area contributed by atoms with Crippen molar-refractivity contribution >= 4 is 5.82 Å². The number of pyridine rings is 1. The standard InChI is InChI=1S/C13H17N5/c1-9-7-17-13(18-8-9)11(15-2)6-10-4-3-5-16-12(10)14/h3-5,7-8,11,15H,6H2,1-2H3,(H2,14,16). The Morgan fingerprint density at radius 3 is 2.61 bits per heavy atom. The summed E-state index contributed by atoms with van der Waals surface area (Å²) in [5.41, 5.74) is 7.90. The van der Waals surface area contributed by atoms with Gasteiger partial charge in [-0.25, -0.2) is 15.0 Å². The molecule has 0 radical (unpaired) electrons. The summed E-state index contributed by atoms with van der Waals surface area (Å²) in [4.78, 5) is 12.8. The SMILES string of the molecule is CNC(Cc1cccnc1N)c1ncc(C)cn1. The molecule has 3 N–H and O–H groups in total. The Bertz CT molecular complexity index is 509. The molecule has 18 heavy (non-hydrogen) atoms. The van der Waals surface area contributed by atoms with Crippen molar-refractivity contribution in [2.75, 3.05) is 12.8 Å². The number of anilines is 1. The predicted molar refractivity (Wildman–Crippen MR) is 70.9 cm³/mol. The molecule has 94 valence electrons. The first-order valence-corrected chi connectivity index (χ1v) is 5.86. The van der Waals surface area contributed by atoms with Gasteiger partial charge in [0.25, 0.3) is 0 Å². The van der Waals surface area contributed by atoms with Crippen molar-refractivity contribution in [1.29, 1.82) is 0 Å². The molecule has 0 amide bonds. The summed E-state index contributed by atoms with van der Waals surface area (Å²) in [6, 6.07) is 3.90. The summed E-state index contributed by atoms with van der Waals surface area (Å²) in [7, 11) is 1.89. The molecule has 0 bridgehead atoms. The van der Waals surface area contributed by atoms with Gasteiger partial charge in [-0.15, -0.1) is 0 Å². The fraction of sp³-hybridized carbons (Fsp3) is 0.308. The van der Waals surface area contributed by atoms with E-state index in [1.807, 2.05) is 38.5 Å². The van der Waals surface area contributed by atoms with Crippen LogP contribution in [0.2, 0.25) is 0 Å². The molecule has 2 aromatic heterocycles. The molecule has 0 fully saturated rings. The van der Waals surface area contributed by atoms with Crippen molar-refractivity contribution in [3.8, 4) is 0 Å². The van der Waals surface area contributed by atoms with Crippen LogP contribution in [0.4, 0.5) is 5.82 Å². The van der Waals surface area contributed by atoms with Gasteiger partial charge in [0.1, 0.15) is 11.6 Å². The fourth-order valence-electron chi connectivity index (χ4n) is 1.75. The summed E-state index contributed by atoms with van der Waals surface area (Å²) in [6.07, 6.45) is 6.05. The topological polar surface area (TPSA) is 76.7 Å². The first kappa shape index (κ1) is 12.4. The van der Waals surface area contributed by atoms with E-state index < -0.39 is 0 Å². The lowest BCUT2D eigenvalue weighted by atomic mass is 10.1. The number of aromatic nitrogens is 3.